The van der Waals surface area contributed by atoms with Gasteiger partial charge in [0.05, 0.1) is 37.5 Å². The summed E-state index contributed by atoms with van der Waals surface area (Å²) < 4.78 is 28.1. The average Bonchev–Trinajstić information content (AvgIpc) is 3.52. The first kappa shape index (κ1) is 20.5. The summed E-state index contributed by atoms with van der Waals surface area (Å²) in [5.41, 5.74) is 3.62. The number of ether oxygens (including phenoxy) is 5. The summed E-state index contributed by atoms with van der Waals surface area (Å²) in [6.45, 7) is 2.65. The van der Waals surface area contributed by atoms with Crippen LogP contribution in [-0.2, 0) is 11.2 Å². The molecule has 7 heteroatoms. The van der Waals surface area contributed by atoms with Gasteiger partial charge in [0.1, 0.15) is 5.75 Å². The fraction of sp³-hybridized carbons (Fsp3) is 0.400. The lowest BCUT2D eigenvalue weighted by atomic mass is 10.0. The number of aromatic amines is 1. The molecule has 0 radical (unpaired) electrons. The molecular weight excluding hydrogens is 410 g/mol. The van der Waals surface area contributed by atoms with E-state index in [0.29, 0.717) is 24.0 Å². The second kappa shape index (κ2) is 8.65. The summed E-state index contributed by atoms with van der Waals surface area (Å²) in [6, 6.07) is 9.87. The Morgan fingerprint density at radius 1 is 1.16 bits per heavy atom. The monoisotopic (exact) mass is 437 g/mol. The fourth-order valence-corrected chi connectivity index (χ4v) is 4.55. The molecule has 1 aliphatic carbocycles. The van der Waals surface area contributed by atoms with Crippen LogP contribution in [-0.4, -0.2) is 37.6 Å². The maximum Gasteiger partial charge on any atom is 0.515 e. The Hall–Kier alpha value is -3.35. The molecule has 0 amide bonds. The lowest BCUT2D eigenvalue weighted by Gasteiger charge is -2.16. The van der Waals surface area contributed by atoms with E-state index in [1.807, 2.05) is 24.3 Å². The van der Waals surface area contributed by atoms with Crippen LogP contribution in [0.1, 0.15) is 38.2 Å². The third-order valence-electron chi connectivity index (χ3n) is 6.07. The second-order valence-electron chi connectivity index (χ2n) is 8.11. The first-order valence-electron chi connectivity index (χ1n) is 11.2. The van der Waals surface area contributed by atoms with Crippen molar-refractivity contribution in [3.63, 3.8) is 0 Å². The van der Waals surface area contributed by atoms with Crippen molar-refractivity contribution >= 4 is 17.1 Å². The molecule has 0 saturated heterocycles. The van der Waals surface area contributed by atoms with Crippen molar-refractivity contribution in [1.82, 2.24) is 4.98 Å². The highest BCUT2D eigenvalue weighted by Crippen LogP contribution is 2.44. The number of carbonyl (C=O) groups excluding carboxylic acids is 1. The van der Waals surface area contributed by atoms with Gasteiger partial charge in [-0.05, 0) is 61.9 Å². The van der Waals surface area contributed by atoms with Crippen molar-refractivity contribution < 1.29 is 28.5 Å². The van der Waals surface area contributed by atoms with E-state index in [2.05, 4.69) is 11.1 Å². The minimum atomic E-state index is -0.751. The highest BCUT2D eigenvalue weighted by atomic mass is 16.7. The molecule has 1 aliphatic heterocycles. The zero-order valence-electron chi connectivity index (χ0n) is 18.4. The Kier molecular flexibility index (Phi) is 5.55. The SMILES string of the molecule is CCOC(=O)Oc1[nH]c2cc(OC3CCCC3)c(OC)cc2c1-c1ccc2c(c1)CCO2. The Morgan fingerprint density at radius 3 is 2.78 bits per heavy atom. The molecule has 2 aromatic carbocycles. The highest BCUT2D eigenvalue weighted by molar-refractivity contribution is 6.01. The second-order valence-corrected chi connectivity index (χ2v) is 8.11. The number of nitrogens with one attached hydrogen (secondary N) is 1. The van der Waals surface area contributed by atoms with Crippen molar-refractivity contribution in [2.24, 2.45) is 0 Å². The minimum absolute atomic E-state index is 0.197. The van der Waals surface area contributed by atoms with Gasteiger partial charge in [-0.25, -0.2) is 4.79 Å². The van der Waals surface area contributed by atoms with E-state index in [1.165, 1.54) is 12.8 Å². The number of hydrogen-bond donors (Lipinski definition) is 1. The molecule has 0 bridgehead atoms. The van der Waals surface area contributed by atoms with Gasteiger partial charge in [-0.2, -0.15) is 0 Å². The third kappa shape index (κ3) is 3.83. The molecule has 1 N–H and O–H groups in total. The van der Waals surface area contributed by atoms with E-state index >= 15 is 0 Å². The lowest BCUT2D eigenvalue weighted by Crippen LogP contribution is -2.11. The zero-order chi connectivity index (χ0) is 22.1. The van der Waals surface area contributed by atoms with Crippen molar-refractivity contribution in [1.29, 1.82) is 0 Å². The molecule has 1 fully saturated rings. The molecule has 0 spiro atoms. The average molecular weight is 437 g/mol. The van der Waals surface area contributed by atoms with Gasteiger partial charge in [-0.1, -0.05) is 6.07 Å². The largest absolute Gasteiger partial charge is 0.515 e. The van der Waals surface area contributed by atoms with E-state index < -0.39 is 6.16 Å². The van der Waals surface area contributed by atoms with Crippen LogP contribution in [0.3, 0.4) is 0 Å². The molecule has 7 nitrogen and oxygen atoms in total. The standard InChI is InChI=1S/C25H27NO6/c1-3-29-25(27)32-24-23(16-8-9-20-15(12-16)10-11-30-20)18-13-21(28-2)22(14-19(18)26-24)31-17-6-4-5-7-17/h8-9,12-14,17,26H,3-7,10-11H2,1-2H3. The smallest absolute Gasteiger partial charge is 0.493 e. The quantitative estimate of drug-likeness (QED) is 0.503. The van der Waals surface area contributed by atoms with Gasteiger partial charge < -0.3 is 28.7 Å². The summed E-state index contributed by atoms with van der Waals surface area (Å²) in [7, 11) is 1.64. The predicted molar refractivity (Wildman–Crippen MR) is 120 cm³/mol. The van der Waals surface area contributed by atoms with Gasteiger partial charge >= 0.3 is 6.16 Å². The van der Waals surface area contributed by atoms with Gasteiger partial charge in [-0.15, -0.1) is 0 Å². The van der Waals surface area contributed by atoms with Crippen LogP contribution in [0.2, 0.25) is 0 Å². The van der Waals surface area contributed by atoms with Crippen molar-refractivity contribution in [3.05, 3.63) is 35.9 Å². The normalized spacial score (nSPS) is 15.4. The number of carbonyl (C=O) groups is 1. The minimum Gasteiger partial charge on any atom is -0.493 e. The van der Waals surface area contributed by atoms with Crippen molar-refractivity contribution in [2.45, 2.75) is 45.1 Å². The van der Waals surface area contributed by atoms with E-state index in [4.69, 9.17) is 23.7 Å². The number of aromatic nitrogens is 1. The number of rotatable bonds is 6. The predicted octanol–water partition coefficient (Wildman–Crippen LogP) is 5.64. The van der Waals surface area contributed by atoms with Crippen LogP contribution in [0, 0.1) is 0 Å². The van der Waals surface area contributed by atoms with Gasteiger partial charge in [-0.3, -0.25) is 0 Å². The van der Waals surface area contributed by atoms with Crippen LogP contribution >= 0.6 is 0 Å². The molecule has 3 aromatic rings. The first-order chi connectivity index (χ1) is 15.7. The van der Waals surface area contributed by atoms with Crippen molar-refractivity contribution in [3.8, 4) is 34.3 Å². The fourth-order valence-electron chi connectivity index (χ4n) is 4.55. The maximum atomic E-state index is 12.1. The third-order valence-corrected chi connectivity index (χ3v) is 6.07. The summed E-state index contributed by atoms with van der Waals surface area (Å²) >= 11 is 0. The molecule has 32 heavy (non-hydrogen) atoms. The zero-order valence-corrected chi connectivity index (χ0v) is 18.4. The molecule has 168 valence electrons. The maximum absolute atomic E-state index is 12.1. The number of fused-ring (bicyclic) bond motifs is 2. The number of benzene rings is 2. The van der Waals surface area contributed by atoms with Gasteiger partial charge in [0.25, 0.3) is 0 Å². The Bertz CT molecular complexity index is 1150. The molecular formula is C25H27NO6. The van der Waals surface area contributed by atoms with E-state index in [-0.39, 0.29) is 12.7 Å². The van der Waals surface area contributed by atoms with Crippen LogP contribution < -0.4 is 18.9 Å². The van der Waals surface area contributed by atoms with Crippen LogP contribution in [0.4, 0.5) is 4.79 Å². The molecule has 2 aliphatic rings. The topological polar surface area (TPSA) is 79.0 Å². The Labute approximate surface area is 186 Å². The lowest BCUT2D eigenvalue weighted by molar-refractivity contribution is 0.103. The Morgan fingerprint density at radius 2 is 2.00 bits per heavy atom. The van der Waals surface area contributed by atoms with Crippen LogP contribution in [0.25, 0.3) is 22.0 Å². The molecule has 5 rings (SSSR count). The molecule has 1 aromatic heterocycles. The van der Waals surface area contributed by atoms with Crippen molar-refractivity contribution in [2.75, 3.05) is 20.3 Å². The Balaban J connectivity index is 1.62. The molecule has 1 saturated carbocycles. The number of methoxy groups -OCH3 is 1. The van der Waals surface area contributed by atoms with Gasteiger partial charge in [0.15, 0.2) is 11.5 Å². The molecule has 2 heterocycles. The summed E-state index contributed by atoms with van der Waals surface area (Å²) in [5.74, 6) is 2.56. The summed E-state index contributed by atoms with van der Waals surface area (Å²) in [4.78, 5) is 15.4. The first-order valence-corrected chi connectivity index (χ1v) is 11.2. The van der Waals surface area contributed by atoms with Gasteiger partial charge in [0.2, 0.25) is 5.88 Å². The van der Waals surface area contributed by atoms with E-state index in [0.717, 1.165) is 52.6 Å². The van der Waals surface area contributed by atoms with Crippen LogP contribution in [0.15, 0.2) is 30.3 Å². The van der Waals surface area contributed by atoms with E-state index in [9.17, 15) is 4.79 Å². The van der Waals surface area contributed by atoms with E-state index in [1.54, 1.807) is 14.0 Å². The van der Waals surface area contributed by atoms with Gasteiger partial charge in [0, 0.05) is 17.9 Å². The van der Waals surface area contributed by atoms with Crippen LogP contribution in [0.5, 0.6) is 23.1 Å². The summed E-state index contributed by atoms with van der Waals surface area (Å²) in [5, 5.41) is 0.874. The molecule has 0 atom stereocenters. The molecule has 0 unspecified atom stereocenters. The summed E-state index contributed by atoms with van der Waals surface area (Å²) in [6.07, 6.45) is 4.75. The highest BCUT2D eigenvalue weighted by Gasteiger charge is 2.24. The number of H-pyrrole nitrogens is 1. The number of hydrogen-bond acceptors (Lipinski definition) is 6.